The molecule has 0 atom stereocenters. The maximum absolute atomic E-state index is 10.7. The van der Waals surface area contributed by atoms with Crippen LogP contribution in [-0.4, -0.2) is 16.0 Å². The molecule has 0 aliphatic rings. The summed E-state index contributed by atoms with van der Waals surface area (Å²) in [6.45, 7) is 0. The first kappa shape index (κ1) is 9.67. The zero-order valence-electron chi connectivity index (χ0n) is 6.80. The van der Waals surface area contributed by atoms with Crippen LogP contribution in [0.3, 0.4) is 0 Å². The smallest absolute Gasteiger partial charge is 0.344 e. The second-order valence-electron chi connectivity index (χ2n) is 2.37. The Kier molecular flexibility index (Phi) is 2.44. The highest BCUT2D eigenvalue weighted by Gasteiger charge is 2.22. The van der Waals surface area contributed by atoms with Crippen molar-refractivity contribution in [3.63, 3.8) is 0 Å². The fourth-order valence-corrected chi connectivity index (χ4v) is 1.01. The van der Waals surface area contributed by atoms with Gasteiger partial charge >= 0.3 is 5.97 Å². The number of aromatic carboxylic acids is 1. The van der Waals surface area contributed by atoms with Gasteiger partial charge in [0.1, 0.15) is 6.07 Å². The predicted octanol–water partition coefficient (Wildman–Crippen LogP) is 1.16. The molecular weight excluding hydrogens is 188 g/mol. The second kappa shape index (κ2) is 3.53. The third-order valence-electron chi connectivity index (χ3n) is 1.57. The third kappa shape index (κ3) is 1.51. The first-order chi connectivity index (χ1) is 6.57. The number of carboxylic acids is 1. The summed E-state index contributed by atoms with van der Waals surface area (Å²) in [7, 11) is 0. The van der Waals surface area contributed by atoms with Gasteiger partial charge in [-0.25, -0.2) is 4.79 Å². The molecule has 1 N–H and O–H groups in total. The van der Waals surface area contributed by atoms with E-state index in [9.17, 15) is 14.9 Å². The molecule has 14 heavy (non-hydrogen) atoms. The molecule has 0 saturated heterocycles. The Bertz CT molecular complexity index is 447. The van der Waals surface area contributed by atoms with Gasteiger partial charge in [-0.1, -0.05) is 6.07 Å². The molecule has 0 heterocycles. The molecular formula is C8H4N2O4. The fourth-order valence-electron chi connectivity index (χ4n) is 1.01. The number of nitro benzene ring substituents is 1. The van der Waals surface area contributed by atoms with Crippen LogP contribution in [0, 0.1) is 21.4 Å². The van der Waals surface area contributed by atoms with Gasteiger partial charge in [0.25, 0.3) is 5.69 Å². The van der Waals surface area contributed by atoms with Crippen LogP contribution in [-0.2, 0) is 0 Å². The SMILES string of the molecule is N#Cc1cccc([N+](=O)[O-])c1C(=O)O. The Labute approximate surface area is 78.2 Å². The summed E-state index contributed by atoms with van der Waals surface area (Å²) in [4.78, 5) is 20.2. The van der Waals surface area contributed by atoms with Crippen LogP contribution in [0.4, 0.5) is 5.69 Å². The normalized spacial score (nSPS) is 9.07. The highest BCUT2D eigenvalue weighted by molar-refractivity contribution is 5.95. The van der Waals surface area contributed by atoms with Crippen LogP contribution in [0.25, 0.3) is 0 Å². The minimum atomic E-state index is -1.48. The van der Waals surface area contributed by atoms with E-state index in [0.717, 1.165) is 6.07 Å². The first-order valence-electron chi connectivity index (χ1n) is 3.48. The van der Waals surface area contributed by atoms with Gasteiger partial charge in [-0.2, -0.15) is 5.26 Å². The highest BCUT2D eigenvalue weighted by atomic mass is 16.6. The number of rotatable bonds is 2. The van der Waals surface area contributed by atoms with Crippen LogP contribution < -0.4 is 0 Å². The number of nitriles is 1. The highest BCUT2D eigenvalue weighted by Crippen LogP contribution is 2.21. The van der Waals surface area contributed by atoms with Crippen molar-refractivity contribution in [1.82, 2.24) is 0 Å². The molecule has 0 amide bonds. The summed E-state index contributed by atoms with van der Waals surface area (Å²) in [6.07, 6.45) is 0. The molecule has 0 radical (unpaired) electrons. The van der Waals surface area contributed by atoms with Crippen molar-refractivity contribution < 1.29 is 14.8 Å². The van der Waals surface area contributed by atoms with Crippen LogP contribution in [0.1, 0.15) is 15.9 Å². The van der Waals surface area contributed by atoms with Gasteiger partial charge in [-0.15, -0.1) is 0 Å². The number of benzene rings is 1. The van der Waals surface area contributed by atoms with Crippen molar-refractivity contribution in [2.75, 3.05) is 0 Å². The van der Waals surface area contributed by atoms with Crippen molar-refractivity contribution in [3.8, 4) is 6.07 Å². The second-order valence-corrected chi connectivity index (χ2v) is 2.37. The van der Waals surface area contributed by atoms with Crippen molar-refractivity contribution in [2.45, 2.75) is 0 Å². The average molecular weight is 192 g/mol. The molecule has 70 valence electrons. The van der Waals surface area contributed by atoms with Crippen molar-refractivity contribution in [1.29, 1.82) is 5.26 Å². The fraction of sp³-hybridized carbons (Fsp3) is 0. The van der Waals surface area contributed by atoms with E-state index in [1.165, 1.54) is 12.1 Å². The lowest BCUT2D eigenvalue weighted by molar-refractivity contribution is -0.385. The molecule has 6 nitrogen and oxygen atoms in total. The standard InChI is InChI=1S/C8H4N2O4/c9-4-5-2-1-3-6(10(13)14)7(5)8(11)12/h1-3H,(H,11,12). The Hall–Kier alpha value is -2.42. The van der Waals surface area contributed by atoms with Gasteiger partial charge in [0.05, 0.1) is 10.5 Å². The van der Waals surface area contributed by atoms with E-state index in [2.05, 4.69) is 0 Å². The van der Waals surface area contributed by atoms with Gasteiger partial charge in [0, 0.05) is 6.07 Å². The summed E-state index contributed by atoms with van der Waals surface area (Å²) in [5.41, 5.74) is -1.36. The van der Waals surface area contributed by atoms with Crippen molar-refractivity contribution in [2.24, 2.45) is 0 Å². The summed E-state index contributed by atoms with van der Waals surface area (Å²) >= 11 is 0. The monoisotopic (exact) mass is 192 g/mol. The largest absolute Gasteiger partial charge is 0.477 e. The quantitative estimate of drug-likeness (QED) is 0.559. The summed E-state index contributed by atoms with van der Waals surface area (Å²) in [5.74, 6) is -1.48. The number of nitro groups is 1. The van der Waals surface area contributed by atoms with Crippen LogP contribution in [0.5, 0.6) is 0 Å². The Morgan fingerprint density at radius 2 is 2.21 bits per heavy atom. The van der Waals surface area contributed by atoms with Crippen LogP contribution >= 0.6 is 0 Å². The van der Waals surface area contributed by atoms with Gasteiger partial charge in [-0.05, 0) is 6.07 Å². The van der Waals surface area contributed by atoms with E-state index in [1.54, 1.807) is 6.07 Å². The number of nitrogens with zero attached hydrogens (tertiary/aromatic N) is 2. The minimum Gasteiger partial charge on any atom is -0.477 e. The van der Waals surface area contributed by atoms with Gasteiger partial charge in [0.2, 0.25) is 0 Å². The van der Waals surface area contributed by atoms with E-state index >= 15 is 0 Å². The third-order valence-corrected chi connectivity index (χ3v) is 1.57. The Balaban J connectivity index is 3.53. The molecule has 0 spiro atoms. The molecule has 0 saturated carbocycles. The first-order valence-corrected chi connectivity index (χ1v) is 3.48. The zero-order chi connectivity index (χ0) is 10.7. The number of hydrogen-bond acceptors (Lipinski definition) is 4. The van der Waals surface area contributed by atoms with Gasteiger partial charge in [0.15, 0.2) is 5.56 Å². The Morgan fingerprint density at radius 3 is 2.64 bits per heavy atom. The van der Waals surface area contributed by atoms with E-state index in [1.807, 2.05) is 0 Å². The van der Waals surface area contributed by atoms with Crippen LogP contribution in [0.15, 0.2) is 18.2 Å². The molecule has 0 fully saturated rings. The molecule has 0 aliphatic carbocycles. The molecule has 0 aliphatic heterocycles. The van der Waals surface area contributed by atoms with Gasteiger partial charge < -0.3 is 5.11 Å². The zero-order valence-corrected chi connectivity index (χ0v) is 6.80. The van der Waals surface area contributed by atoms with E-state index in [0.29, 0.717) is 0 Å². The lowest BCUT2D eigenvalue weighted by Crippen LogP contribution is -2.05. The minimum absolute atomic E-state index is 0.216. The number of carboxylic acid groups (broad SMARTS) is 1. The average Bonchev–Trinajstić information content (AvgIpc) is 2.16. The molecule has 0 bridgehead atoms. The topological polar surface area (TPSA) is 104 Å². The lowest BCUT2D eigenvalue weighted by atomic mass is 10.1. The van der Waals surface area contributed by atoms with E-state index in [-0.39, 0.29) is 5.56 Å². The Morgan fingerprint density at radius 1 is 1.57 bits per heavy atom. The maximum Gasteiger partial charge on any atom is 0.344 e. The number of carbonyl (C=O) groups is 1. The van der Waals surface area contributed by atoms with Crippen molar-refractivity contribution in [3.05, 3.63) is 39.4 Å². The van der Waals surface area contributed by atoms with Crippen molar-refractivity contribution >= 4 is 11.7 Å². The molecule has 0 aromatic heterocycles. The lowest BCUT2D eigenvalue weighted by Gasteiger charge is -1.98. The van der Waals surface area contributed by atoms with Gasteiger partial charge in [-0.3, -0.25) is 10.1 Å². The predicted molar refractivity (Wildman–Crippen MR) is 44.8 cm³/mol. The molecule has 1 rings (SSSR count). The molecule has 1 aromatic carbocycles. The maximum atomic E-state index is 10.7. The summed E-state index contributed by atoms with van der Waals surface area (Å²) in [6, 6.07) is 5.12. The van der Waals surface area contributed by atoms with E-state index < -0.39 is 22.1 Å². The molecule has 0 unspecified atom stereocenters. The summed E-state index contributed by atoms with van der Waals surface area (Å²) in [5, 5.41) is 27.6. The molecule has 1 aromatic rings. The van der Waals surface area contributed by atoms with E-state index in [4.69, 9.17) is 10.4 Å². The van der Waals surface area contributed by atoms with Crippen LogP contribution in [0.2, 0.25) is 0 Å². The summed E-state index contributed by atoms with van der Waals surface area (Å²) < 4.78 is 0. The molecule has 6 heteroatoms. The number of hydrogen-bond donors (Lipinski definition) is 1.